The molecule has 17 rings (SSSR count). The molecular formula is C82H61BN2O. The minimum atomic E-state index is -0.287. The molecule has 4 heterocycles. The van der Waals surface area contributed by atoms with Gasteiger partial charge in [-0.15, -0.1) is 0 Å². The Morgan fingerprint density at radius 1 is 0.360 bits per heavy atom. The largest absolute Gasteiger partial charge is 0.468 e. The van der Waals surface area contributed by atoms with Gasteiger partial charge in [-0.2, -0.15) is 0 Å². The van der Waals surface area contributed by atoms with Gasteiger partial charge in [-0.25, -0.2) is 0 Å². The zero-order valence-electron chi connectivity index (χ0n) is 49.2. The summed E-state index contributed by atoms with van der Waals surface area (Å²) in [4.78, 5) is 2.57. The normalized spacial score (nSPS) is 13.0. The van der Waals surface area contributed by atoms with E-state index >= 15 is 0 Å². The lowest BCUT2D eigenvalue weighted by atomic mass is 9.35. The Kier molecular flexibility index (Phi) is 10.9. The molecule has 13 aromatic carbocycles. The molecule has 0 unspecified atom stereocenters. The highest BCUT2D eigenvalue weighted by atomic mass is 16.3. The van der Waals surface area contributed by atoms with Crippen LogP contribution in [-0.2, 0) is 10.8 Å². The number of fused-ring (bicyclic) bond motifs is 16. The van der Waals surface area contributed by atoms with Gasteiger partial charge in [0.05, 0.1) is 22.4 Å². The van der Waals surface area contributed by atoms with Crippen molar-refractivity contribution in [3.05, 3.63) is 272 Å². The fourth-order valence-electron chi connectivity index (χ4n) is 14.8. The van der Waals surface area contributed by atoms with E-state index in [1.54, 1.807) is 0 Å². The van der Waals surface area contributed by atoms with E-state index in [4.69, 9.17) is 4.42 Å². The third kappa shape index (κ3) is 7.48. The van der Waals surface area contributed by atoms with Crippen molar-refractivity contribution in [2.45, 2.75) is 52.4 Å². The summed E-state index contributed by atoms with van der Waals surface area (Å²) in [7, 11) is 0. The second-order valence-corrected chi connectivity index (χ2v) is 25.9. The molecule has 0 bridgehead atoms. The maximum Gasteiger partial charge on any atom is 0.297 e. The van der Waals surface area contributed by atoms with Crippen LogP contribution < -0.4 is 21.5 Å². The summed E-state index contributed by atoms with van der Waals surface area (Å²) in [5.74, 6) is 0. The quantitative estimate of drug-likeness (QED) is 0.122. The number of benzene rings is 13. The van der Waals surface area contributed by atoms with E-state index in [-0.39, 0.29) is 17.5 Å². The van der Waals surface area contributed by atoms with Crippen molar-refractivity contribution < 1.29 is 4.42 Å². The summed E-state index contributed by atoms with van der Waals surface area (Å²) in [5, 5.41) is 11.1. The Balaban J connectivity index is 1.09. The van der Waals surface area contributed by atoms with E-state index in [0.717, 1.165) is 50.5 Å². The Hall–Kier alpha value is -10.2. The van der Waals surface area contributed by atoms with Crippen molar-refractivity contribution in [3.63, 3.8) is 0 Å². The molecule has 2 aromatic heterocycles. The first-order valence-corrected chi connectivity index (χ1v) is 30.4. The highest BCUT2D eigenvalue weighted by molar-refractivity contribution is 7.00. The van der Waals surface area contributed by atoms with Gasteiger partial charge in [-0.05, 0) is 164 Å². The van der Waals surface area contributed by atoms with Crippen LogP contribution in [0.1, 0.15) is 52.7 Å². The van der Waals surface area contributed by atoms with Gasteiger partial charge in [0, 0.05) is 38.6 Å². The van der Waals surface area contributed by atoms with Crippen LogP contribution in [0.5, 0.6) is 0 Å². The fourth-order valence-corrected chi connectivity index (χ4v) is 14.8. The van der Waals surface area contributed by atoms with Gasteiger partial charge in [0.15, 0.2) is 0 Å². The monoisotopic (exact) mass is 1100 g/mol. The molecule has 0 aliphatic carbocycles. The van der Waals surface area contributed by atoms with Gasteiger partial charge in [0.2, 0.25) is 0 Å². The highest BCUT2D eigenvalue weighted by Gasteiger charge is 2.47. The van der Waals surface area contributed by atoms with Crippen LogP contribution in [0.4, 0.5) is 17.1 Å². The Bertz CT molecular complexity index is 5230. The first-order valence-electron chi connectivity index (χ1n) is 30.4. The maximum atomic E-state index is 7.68. The molecule has 3 nitrogen and oxygen atoms in total. The van der Waals surface area contributed by atoms with Crippen molar-refractivity contribution >= 4 is 105 Å². The van der Waals surface area contributed by atoms with Crippen LogP contribution >= 0.6 is 0 Å². The number of hydrogen-bond donors (Lipinski definition) is 0. The molecule has 0 spiro atoms. The zero-order valence-corrected chi connectivity index (χ0v) is 49.2. The standard InChI is InChI=1S/C82H61BN2O/c1-81(2,3)55-38-41-57(42-39-55)84-71-46-54(74-60(51-25-12-8-13-26-51)35-22-36-61(74)52-27-14-9-15-28-52)47-72-77(71)83(80-78(84)68-48-56(82(4,5)6)40-44-73(68)86-80)69-49-66-64-33-19-18-31-62(64)63-32-20-21-34-65(63)75(66)76-67-45-53(37-43-70(67)85(72)79(69)76)59-30-17-16-29-58(59)50-23-10-7-11-24-50/h7-49H,1-6H3. The van der Waals surface area contributed by atoms with Gasteiger partial charge in [-0.1, -0.05) is 254 Å². The number of aromatic nitrogens is 1. The minimum Gasteiger partial charge on any atom is -0.468 e. The van der Waals surface area contributed by atoms with E-state index in [9.17, 15) is 0 Å². The van der Waals surface area contributed by atoms with Crippen LogP contribution in [0, 0.1) is 0 Å². The predicted octanol–water partition coefficient (Wildman–Crippen LogP) is 20.5. The van der Waals surface area contributed by atoms with Crippen LogP contribution in [0.2, 0.25) is 0 Å². The molecule has 4 heteroatoms. The molecule has 408 valence electrons. The van der Waals surface area contributed by atoms with Crippen LogP contribution in [-0.4, -0.2) is 11.3 Å². The highest BCUT2D eigenvalue weighted by Crippen LogP contribution is 2.52. The summed E-state index contributed by atoms with van der Waals surface area (Å²) in [6.45, 7) is 13.6. The number of furan rings is 1. The average molecular weight is 1100 g/mol. The zero-order chi connectivity index (χ0) is 57.7. The molecule has 0 saturated heterocycles. The summed E-state index contributed by atoms with van der Waals surface area (Å²) in [6, 6.07) is 98.0. The number of rotatable bonds is 6. The van der Waals surface area contributed by atoms with E-state index < -0.39 is 0 Å². The molecule has 2 aliphatic heterocycles. The van der Waals surface area contributed by atoms with Crippen molar-refractivity contribution in [1.29, 1.82) is 0 Å². The van der Waals surface area contributed by atoms with Crippen molar-refractivity contribution in [1.82, 2.24) is 4.57 Å². The SMILES string of the molecule is CC(C)(C)c1ccc(N2c3cc(-c4c(-c5ccccc5)cccc4-c4ccccc4)cc4c3B(c3oc5ccc(C(C)(C)C)cc5c32)c2cc3c5ccccc5c5ccccc5c3c3c5cc(-c6ccccc6-c6ccccc6)ccc5n-4c23)cc1. The van der Waals surface area contributed by atoms with E-state index in [2.05, 4.69) is 312 Å². The van der Waals surface area contributed by atoms with Crippen LogP contribution in [0.15, 0.2) is 265 Å². The number of hydrogen-bond acceptors (Lipinski definition) is 2. The van der Waals surface area contributed by atoms with Gasteiger partial charge in [0.1, 0.15) is 5.58 Å². The summed E-state index contributed by atoms with van der Waals surface area (Å²) in [5.41, 5.74) is 25.4. The van der Waals surface area contributed by atoms with Gasteiger partial charge in [0.25, 0.3) is 6.71 Å². The molecule has 0 amide bonds. The van der Waals surface area contributed by atoms with Crippen molar-refractivity contribution in [3.8, 4) is 61.3 Å². The molecule has 15 aromatic rings. The topological polar surface area (TPSA) is 21.3 Å². The first-order chi connectivity index (χ1) is 42.0. The Morgan fingerprint density at radius 2 is 0.884 bits per heavy atom. The number of nitrogens with zero attached hydrogens (tertiary/aromatic N) is 2. The summed E-state index contributed by atoms with van der Waals surface area (Å²) < 4.78 is 10.3. The lowest BCUT2D eigenvalue weighted by Gasteiger charge is -2.39. The first kappa shape index (κ1) is 50.4. The average Bonchev–Trinajstić information content (AvgIpc) is 1.42. The molecule has 0 fully saturated rings. The number of anilines is 3. The molecule has 0 N–H and O–H groups in total. The lowest BCUT2D eigenvalue weighted by molar-refractivity contribution is 0.590. The third-order valence-corrected chi connectivity index (χ3v) is 18.9. The fraction of sp³-hybridized carbons (Fsp3) is 0.0976. The van der Waals surface area contributed by atoms with Crippen molar-refractivity contribution in [2.75, 3.05) is 4.90 Å². The molecule has 0 atom stereocenters. The third-order valence-electron chi connectivity index (χ3n) is 18.9. The smallest absolute Gasteiger partial charge is 0.297 e. The Morgan fingerprint density at radius 3 is 1.51 bits per heavy atom. The molecule has 86 heavy (non-hydrogen) atoms. The van der Waals surface area contributed by atoms with E-state index in [1.807, 2.05) is 0 Å². The van der Waals surface area contributed by atoms with Crippen LogP contribution in [0.25, 0.3) is 126 Å². The van der Waals surface area contributed by atoms with Gasteiger partial charge < -0.3 is 13.9 Å². The van der Waals surface area contributed by atoms with E-state index in [0.29, 0.717) is 0 Å². The lowest BCUT2D eigenvalue weighted by Crippen LogP contribution is -2.60. The summed E-state index contributed by atoms with van der Waals surface area (Å²) in [6.07, 6.45) is 0. The molecule has 2 aliphatic rings. The molecule has 0 radical (unpaired) electrons. The summed E-state index contributed by atoms with van der Waals surface area (Å²) >= 11 is 0. The van der Waals surface area contributed by atoms with Gasteiger partial charge in [-0.3, -0.25) is 0 Å². The van der Waals surface area contributed by atoms with Gasteiger partial charge >= 0.3 is 0 Å². The Labute approximate surface area is 502 Å². The minimum absolute atomic E-state index is 0.0407. The van der Waals surface area contributed by atoms with E-state index in [1.165, 1.54) is 121 Å². The maximum absolute atomic E-state index is 7.68. The van der Waals surface area contributed by atoms with Crippen LogP contribution in [0.3, 0.4) is 0 Å². The second kappa shape index (κ2) is 18.7. The second-order valence-electron chi connectivity index (χ2n) is 25.9. The molecule has 0 saturated carbocycles. The molecular weight excluding hydrogens is 1040 g/mol. The predicted molar refractivity (Wildman–Crippen MR) is 367 cm³/mol. The van der Waals surface area contributed by atoms with Crippen molar-refractivity contribution in [2.24, 2.45) is 0 Å².